The van der Waals surface area contributed by atoms with Crippen molar-refractivity contribution < 1.29 is 13.6 Å². The van der Waals surface area contributed by atoms with Crippen molar-refractivity contribution in [3.63, 3.8) is 0 Å². The van der Waals surface area contributed by atoms with Crippen molar-refractivity contribution in [2.75, 3.05) is 29.0 Å². The monoisotopic (exact) mass is 446 g/mol. The molecule has 10 heteroatoms. The third-order valence-electron chi connectivity index (χ3n) is 5.41. The van der Waals surface area contributed by atoms with Gasteiger partial charge in [0.2, 0.25) is 0 Å². The van der Waals surface area contributed by atoms with Crippen LogP contribution in [-0.2, 0) is 7.05 Å². The number of aryl methyl sites for hydroxylation is 1. The second kappa shape index (κ2) is 8.62. The number of carbonyl (C=O) groups excluding carboxylic acids is 1. The Hall–Kier alpha value is -3.01. The van der Waals surface area contributed by atoms with E-state index in [1.165, 1.54) is 18.9 Å². The number of thiazole rings is 1. The summed E-state index contributed by atoms with van der Waals surface area (Å²) >= 11 is 0.870. The second-order valence-electron chi connectivity index (χ2n) is 7.84. The molecule has 31 heavy (non-hydrogen) atoms. The maximum atomic E-state index is 14.1. The number of nitrogens with one attached hydrogen (secondary N) is 1. The number of rotatable bonds is 4. The summed E-state index contributed by atoms with van der Waals surface area (Å²) in [6, 6.07) is 3.55. The van der Waals surface area contributed by atoms with Crippen LogP contribution >= 0.6 is 11.3 Å². The minimum atomic E-state index is -0.759. The Morgan fingerprint density at radius 2 is 2.03 bits per heavy atom. The Bertz CT molecular complexity index is 1090. The van der Waals surface area contributed by atoms with Gasteiger partial charge in [0, 0.05) is 20.1 Å². The van der Waals surface area contributed by atoms with E-state index in [-0.39, 0.29) is 21.3 Å². The standard InChI is InChI=1S/C21H24F2N6OS/c1-12-6-3-4-9-29(11-12)21-15(10-25-28(21)2)26-19(30)17-18(24)31-20(27-17)16-13(22)7-5-8-14(16)23/h5,7-8,10,12H,3-4,6,9,11,24H2,1-2H3,(H,26,30)/t12-/m1/s1. The fraction of sp³-hybridized carbons (Fsp3) is 0.381. The SMILES string of the molecule is C[C@@H]1CCCCN(c2c(NC(=O)c3nc(-c4c(F)cccc4F)sc3N)cnn2C)C1. The third kappa shape index (κ3) is 4.25. The largest absolute Gasteiger partial charge is 0.389 e. The summed E-state index contributed by atoms with van der Waals surface area (Å²) in [7, 11) is 1.83. The molecule has 0 spiro atoms. The zero-order chi connectivity index (χ0) is 22.1. The van der Waals surface area contributed by atoms with Gasteiger partial charge in [-0.2, -0.15) is 5.10 Å². The number of nitrogens with two attached hydrogens (primary N) is 1. The maximum absolute atomic E-state index is 14.1. The zero-order valence-electron chi connectivity index (χ0n) is 17.4. The van der Waals surface area contributed by atoms with Crippen LogP contribution in [0.5, 0.6) is 0 Å². The van der Waals surface area contributed by atoms with Crippen LogP contribution < -0.4 is 16.0 Å². The molecular formula is C21H24F2N6OS. The highest BCUT2D eigenvalue weighted by atomic mass is 32.1. The molecule has 1 fully saturated rings. The van der Waals surface area contributed by atoms with Gasteiger partial charge >= 0.3 is 0 Å². The number of aromatic nitrogens is 3. The highest BCUT2D eigenvalue weighted by Crippen LogP contribution is 2.34. The molecule has 2 aromatic heterocycles. The zero-order valence-corrected chi connectivity index (χ0v) is 18.2. The van der Waals surface area contributed by atoms with Gasteiger partial charge in [-0.05, 0) is 30.9 Å². The van der Waals surface area contributed by atoms with Crippen molar-refractivity contribution in [2.45, 2.75) is 26.2 Å². The van der Waals surface area contributed by atoms with Gasteiger partial charge < -0.3 is 16.0 Å². The molecule has 1 amide bonds. The summed E-state index contributed by atoms with van der Waals surface area (Å²) in [5.41, 5.74) is 6.17. The molecule has 4 rings (SSSR count). The molecule has 1 aromatic carbocycles. The summed E-state index contributed by atoms with van der Waals surface area (Å²) in [4.78, 5) is 19.3. The normalized spacial score (nSPS) is 16.9. The average Bonchev–Trinajstić information content (AvgIpc) is 3.18. The number of halogens is 2. The van der Waals surface area contributed by atoms with E-state index in [0.29, 0.717) is 11.6 Å². The highest BCUT2D eigenvalue weighted by molar-refractivity contribution is 7.19. The van der Waals surface area contributed by atoms with Crippen molar-refractivity contribution in [3.05, 3.63) is 41.7 Å². The first-order valence-electron chi connectivity index (χ1n) is 10.1. The van der Waals surface area contributed by atoms with Crippen LogP contribution in [0, 0.1) is 17.6 Å². The molecule has 0 aliphatic carbocycles. The van der Waals surface area contributed by atoms with Crippen LogP contribution in [0.2, 0.25) is 0 Å². The second-order valence-corrected chi connectivity index (χ2v) is 8.87. The third-order valence-corrected chi connectivity index (χ3v) is 6.31. The minimum Gasteiger partial charge on any atom is -0.389 e. The molecule has 1 aliphatic rings. The summed E-state index contributed by atoms with van der Waals surface area (Å²) in [6.45, 7) is 3.96. The lowest BCUT2D eigenvalue weighted by atomic mass is 10.1. The molecule has 0 saturated carbocycles. The van der Waals surface area contributed by atoms with Crippen LogP contribution in [0.4, 0.5) is 25.3 Å². The van der Waals surface area contributed by atoms with Crippen molar-refractivity contribution in [3.8, 4) is 10.6 Å². The molecule has 1 saturated heterocycles. The lowest BCUT2D eigenvalue weighted by Gasteiger charge is -2.26. The van der Waals surface area contributed by atoms with E-state index >= 15 is 0 Å². The Labute approximate surface area is 182 Å². The number of hydrogen-bond acceptors (Lipinski definition) is 6. The molecular weight excluding hydrogens is 422 g/mol. The van der Waals surface area contributed by atoms with Crippen LogP contribution in [-0.4, -0.2) is 33.8 Å². The number of nitrogens with zero attached hydrogens (tertiary/aromatic N) is 4. The van der Waals surface area contributed by atoms with Gasteiger partial charge in [-0.25, -0.2) is 13.8 Å². The number of benzene rings is 1. The predicted octanol–water partition coefficient (Wildman–Crippen LogP) is 4.28. The molecule has 3 heterocycles. The first-order valence-corrected chi connectivity index (χ1v) is 11.0. The number of nitrogen functional groups attached to an aromatic ring is 1. The molecule has 3 N–H and O–H groups in total. The van der Waals surface area contributed by atoms with E-state index in [1.54, 1.807) is 10.9 Å². The highest BCUT2D eigenvalue weighted by Gasteiger charge is 2.25. The molecule has 7 nitrogen and oxygen atoms in total. The lowest BCUT2D eigenvalue weighted by molar-refractivity contribution is 0.102. The summed E-state index contributed by atoms with van der Waals surface area (Å²) in [6.07, 6.45) is 4.99. The average molecular weight is 447 g/mol. The molecule has 3 aromatic rings. The van der Waals surface area contributed by atoms with Crippen LogP contribution in [0.15, 0.2) is 24.4 Å². The van der Waals surface area contributed by atoms with Crippen molar-refractivity contribution in [2.24, 2.45) is 13.0 Å². The number of carbonyl (C=O) groups is 1. The molecule has 0 bridgehead atoms. The lowest BCUT2D eigenvalue weighted by Crippen LogP contribution is -2.30. The van der Waals surface area contributed by atoms with Gasteiger partial charge in [0.1, 0.15) is 27.3 Å². The fourth-order valence-corrected chi connectivity index (χ4v) is 4.80. The molecule has 1 atom stereocenters. The van der Waals surface area contributed by atoms with E-state index in [9.17, 15) is 13.6 Å². The van der Waals surface area contributed by atoms with E-state index in [2.05, 4.69) is 27.2 Å². The van der Waals surface area contributed by atoms with E-state index in [0.717, 1.165) is 48.8 Å². The number of hydrogen-bond donors (Lipinski definition) is 2. The van der Waals surface area contributed by atoms with E-state index in [4.69, 9.17) is 5.73 Å². The Balaban J connectivity index is 1.61. The van der Waals surface area contributed by atoms with Gasteiger partial charge in [0.05, 0.1) is 11.8 Å². The van der Waals surface area contributed by atoms with Gasteiger partial charge in [-0.3, -0.25) is 9.48 Å². The smallest absolute Gasteiger partial charge is 0.277 e. The molecule has 164 valence electrons. The summed E-state index contributed by atoms with van der Waals surface area (Å²) in [5.74, 6) is -0.713. The number of anilines is 3. The maximum Gasteiger partial charge on any atom is 0.277 e. The predicted molar refractivity (Wildman–Crippen MR) is 118 cm³/mol. The molecule has 0 radical (unpaired) electrons. The topological polar surface area (TPSA) is 89.1 Å². The first-order chi connectivity index (χ1) is 14.8. The number of amides is 1. The fourth-order valence-electron chi connectivity index (χ4n) is 3.93. The van der Waals surface area contributed by atoms with Gasteiger partial charge in [0.15, 0.2) is 11.5 Å². The van der Waals surface area contributed by atoms with Crippen molar-refractivity contribution in [1.82, 2.24) is 14.8 Å². The van der Waals surface area contributed by atoms with E-state index < -0.39 is 17.5 Å². The molecule has 0 unspecified atom stereocenters. The Morgan fingerprint density at radius 1 is 1.29 bits per heavy atom. The van der Waals surface area contributed by atoms with Gasteiger partial charge in [-0.1, -0.05) is 30.7 Å². The minimum absolute atomic E-state index is 0.0194. The molecule has 1 aliphatic heterocycles. The van der Waals surface area contributed by atoms with Gasteiger partial charge in [-0.15, -0.1) is 0 Å². The van der Waals surface area contributed by atoms with E-state index in [1.807, 2.05) is 7.05 Å². The van der Waals surface area contributed by atoms with Crippen molar-refractivity contribution >= 4 is 33.8 Å². The summed E-state index contributed by atoms with van der Waals surface area (Å²) < 4.78 is 30.0. The summed E-state index contributed by atoms with van der Waals surface area (Å²) in [5, 5.41) is 7.24. The Morgan fingerprint density at radius 3 is 2.77 bits per heavy atom. The van der Waals surface area contributed by atoms with Crippen LogP contribution in [0.3, 0.4) is 0 Å². The van der Waals surface area contributed by atoms with Crippen LogP contribution in [0.25, 0.3) is 10.6 Å². The van der Waals surface area contributed by atoms with Gasteiger partial charge in [0.25, 0.3) is 5.91 Å². The van der Waals surface area contributed by atoms with Crippen LogP contribution in [0.1, 0.15) is 36.7 Å². The quantitative estimate of drug-likeness (QED) is 0.624. The Kier molecular flexibility index (Phi) is 5.90. The van der Waals surface area contributed by atoms with Crippen molar-refractivity contribution in [1.29, 1.82) is 0 Å². The first kappa shape index (κ1) is 21.2.